The second kappa shape index (κ2) is 10.3. The molecule has 0 radical (unpaired) electrons. The van der Waals surface area contributed by atoms with Crippen molar-refractivity contribution in [2.45, 2.75) is 90.2 Å². The fourth-order valence-electron chi connectivity index (χ4n) is 4.04. The summed E-state index contributed by atoms with van der Waals surface area (Å²) >= 11 is 0. The summed E-state index contributed by atoms with van der Waals surface area (Å²) in [6.45, 7) is 18.9. The molecular formula is C24H40N2O5Si. The fourth-order valence-corrected chi connectivity index (χ4v) is 5.47. The average Bonchev–Trinajstić information content (AvgIpc) is 3.11. The Morgan fingerprint density at radius 3 is 2.56 bits per heavy atom. The molecule has 180 valence electrons. The van der Waals surface area contributed by atoms with Gasteiger partial charge in [0.25, 0.3) is 0 Å². The van der Waals surface area contributed by atoms with Gasteiger partial charge in [-0.25, -0.2) is 4.79 Å². The molecule has 0 aromatic heterocycles. The van der Waals surface area contributed by atoms with Crippen LogP contribution >= 0.6 is 0 Å². The molecule has 2 fully saturated rings. The molecule has 2 saturated heterocycles. The van der Waals surface area contributed by atoms with Crippen molar-refractivity contribution in [2.75, 3.05) is 13.2 Å². The van der Waals surface area contributed by atoms with Crippen molar-refractivity contribution >= 4 is 26.1 Å². The van der Waals surface area contributed by atoms with Crippen molar-refractivity contribution < 1.29 is 23.5 Å². The third-order valence-corrected chi connectivity index (χ3v) is 11.6. The molecule has 4 atom stereocenters. The number of rotatable bonds is 9. The lowest BCUT2D eigenvalue weighted by molar-refractivity contribution is -0.141. The van der Waals surface area contributed by atoms with Gasteiger partial charge < -0.3 is 19.4 Å². The van der Waals surface area contributed by atoms with Gasteiger partial charge in [0.1, 0.15) is 6.61 Å². The normalized spacial score (nSPS) is 25.1. The maximum atomic E-state index is 12.9. The zero-order valence-corrected chi connectivity index (χ0v) is 21.7. The molecule has 8 heteroatoms. The van der Waals surface area contributed by atoms with Gasteiger partial charge in [-0.2, -0.15) is 0 Å². The van der Waals surface area contributed by atoms with Crippen LogP contribution in [0.5, 0.6) is 0 Å². The number of hydrogen-bond acceptors (Lipinski definition) is 5. The fraction of sp³-hybridized carbons (Fsp3) is 0.708. The molecule has 2 aliphatic rings. The van der Waals surface area contributed by atoms with Gasteiger partial charge in [-0.15, -0.1) is 0 Å². The summed E-state index contributed by atoms with van der Waals surface area (Å²) in [6, 6.07) is -0.376. The summed E-state index contributed by atoms with van der Waals surface area (Å²) < 4.78 is 11.6. The highest BCUT2D eigenvalue weighted by molar-refractivity contribution is 6.74. The quantitative estimate of drug-likeness (QED) is 0.239. The van der Waals surface area contributed by atoms with Crippen molar-refractivity contribution in [1.29, 1.82) is 0 Å². The Bertz CT molecular complexity index is 771. The van der Waals surface area contributed by atoms with Crippen LogP contribution in [0.15, 0.2) is 24.3 Å². The molecule has 0 aromatic carbocycles. The predicted octanol–water partition coefficient (Wildman–Crippen LogP) is 4.20. The topological polar surface area (TPSA) is 84.9 Å². The lowest BCUT2D eigenvalue weighted by Gasteiger charge is -2.45. The minimum atomic E-state index is -2.02. The Morgan fingerprint density at radius 1 is 1.34 bits per heavy atom. The SMILES string of the molecule is C=CCOC(=O)N1CCC[C@H]1/C=C(\C)C(=O)CC1NC(=O)C1[C@@H](C)O[Si](C)(C)C(C)(C)C. The predicted molar refractivity (Wildman–Crippen MR) is 128 cm³/mol. The zero-order chi connectivity index (χ0) is 24.3. The van der Waals surface area contributed by atoms with Crippen molar-refractivity contribution in [1.82, 2.24) is 10.2 Å². The van der Waals surface area contributed by atoms with Gasteiger partial charge in [0.2, 0.25) is 5.91 Å². The summed E-state index contributed by atoms with van der Waals surface area (Å²) in [6.07, 6.45) is 4.67. The number of nitrogens with one attached hydrogen (secondary N) is 1. The van der Waals surface area contributed by atoms with Crippen LogP contribution in [0, 0.1) is 5.92 Å². The van der Waals surface area contributed by atoms with Crippen molar-refractivity contribution in [2.24, 2.45) is 5.92 Å². The molecule has 2 aliphatic heterocycles. The average molecular weight is 465 g/mol. The second-order valence-corrected chi connectivity index (χ2v) is 15.2. The largest absolute Gasteiger partial charge is 0.445 e. The van der Waals surface area contributed by atoms with E-state index in [1.54, 1.807) is 11.8 Å². The van der Waals surface area contributed by atoms with Crippen molar-refractivity contribution in [3.05, 3.63) is 24.3 Å². The molecule has 1 N–H and O–H groups in total. The van der Waals surface area contributed by atoms with Crippen LogP contribution in [0.4, 0.5) is 4.79 Å². The summed E-state index contributed by atoms with van der Waals surface area (Å²) in [4.78, 5) is 39.1. The van der Waals surface area contributed by atoms with Crippen molar-refractivity contribution in [3.8, 4) is 0 Å². The molecule has 2 amide bonds. The summed E-state index contributed by atoms with van der Waals surface area (Å²) in [7, 11) is -2.02. The molecule has 7 nitrogen and oxygen atoms in total. The van der Waals surface area contributed by atoms with Gasteiger partial charge in [-0.05, 0) is 50.4 Å². The number of amides is 2. The molecular weight excluding hydrogens is 424 g/mol. The maximum Gasteiger partial charge on any atom is 0.410 e. The first-order valence-corrected chi connectivity index (χ1v) is 14.4. The van der Waals surface area contributed by atoms with E-state index in [0.717, 1.165) is 12.8 Å². The van der Waals surface area contributed by atoms with E-state index < -0.39 is 8.32 Å². The number of likely N-dealkylation sites (tertiary alicyclic amines) is 1. The van der Waals surface area contributed by atoms with Crippen LogP contribution in [0.1, 0.15) is 53.9 Å². The van der Waals surface area contributed by atoms with E-state index in [2.05, 4.69) is 45.8 Å². The molecule has 2 unspecified atom stereocenters. The van der Waals surface area contributed by atoms with E-state index in [0.29, 0.717) is 12.1 Å². The van der Waals surface area contributed by atoms with Crippen LogP contribution in [0.2, 0.25) is 18.1 Å². The number of ketones is 1. The Labute approximate surface area is 193 Å². The molecule has 2 rings (SSSR count). The summed E-state index contributed by atoms with van der Waals surface area (Å²) in [5.74, 6) is -0.397. The second-order valence-electron chi connectivity index (χ2n) is 10.5. The van der Waals surface area contributed by atoms with Crippen LogP contribution in [0.25, 0.3) is 0 Å². The number of hydrogen-bond donors (Lipinski definition) is 1. The number of Topliss-reactive ketones (excluding diaryl/α,β-unsaturated/α-hetero) is 1. The highest BCUT2D eigenvalue weighted by Crippen LogP contribution is 2.39. The zero-order valence-electron chi connectivity index (χ0n) is 20.7. The molecule has 0 saturated carbocycles. The summed E-state index contributed by atoms with van der Waals surface area (Å²) in [5, 5.41) is 2.93. The van der Waals surface area contributed by atoms with E-state index in [9.17, 15) is 14.4 Å². The maximum absolute atomic E-state index is 12.9. The number of ether oxygens (including phenoxy) is 1. The van der Waals surface area contributed by atoms with Gasteiger partial charge >= 0.3 is 6.09 Å². The van der Waals surface area contributed by atoms with E-state index in [1.807, 2.05) is 13.0 Å². The Hall–Kier alpha value is -1.93. The number of nitrogens with zero attached hydrogens (tertiary/aromatic N) is 1. The van der Waals surface area contributed by atoms with E-state index in [4.69, 9.17) is 9.16 Å². The van der Waals surface area contributed by atoms with Crippen molar-refractivity contribution in [3.63, 3.8) is 0 Å². The molecule has 0 aromatic rings. The standard InChI is InChI=1S/C24H40N2O5Si/c1-9-13-30-23(29)26-12-10-11-18(26)14-16(2)20(27)15-19-21(22(28)25-19)17(3)31-32(7,8)24(4,5)6/h9,14,17-19,21H,1,10-13,15H2,2-8H3,(H,25,28)/b16-14+/t17-,18+,19?,21?/m1/s1. The molecule has 0 bridgehead atoms. The molecule has 32 heavy (non-hydrogen) atoms. The van der Waals surface area contributed by atoms with Gasteiger partial charge in [-0.3, -0.25) is 9.59 Å². The van der Waals surface area contributed by atoms with Gasteiger partial charge in [0.05, 0.1) is 24.1 Å². The lowest BCUT2D eigenvalue weighted by Crippen LogP contribution is -2.64. The highest BCUT2D eigenvalue weighted by Gasteiger charge is 2.48. The first kappa shape index (κ1) is 26.3. The van der Waals surface area contributed by atoms with Crippen LogP contribution in [0.3, 0.4) is 0 Å². The number of carbonyl (C=O) groups is 3. The molecule has 0 aliphatic carbocycles. The highest BCUT2D eigenvalue weighted by atomic mass is 28.4. The number of allylic oxidation sites excluding steroid dienone is 1. The van der Waals surface area contributed by atoms with Gasteiger partial charge in [0.15, 0.2) is 14.1 Å². The van der Waals surface area contributed by atoms with Crippen LogP contribution < -0.4 is 5.32 Å². The third-order valence-electron chi connectivity index (χ3n) is 7.00. The first-order chi connectivity index (χ1) is 14.8. The summed E-state index contributed by atoms with van der Waals surface area (Å²) in [5.41, 5.74) is 0.608. The van der Waals surface area contributed by atoms with E-state index in [-0.39, 0.29) is 60.0 Å². The van der Waals surface area contributed by atoms with Crippen LogP contribution in [-0.4, -0.2) is 62.3 Å². The Kier molecular flexibility index (Phi) is 8.50. The Balaban J connectivity index is 1.99. The lowest BCUT2D eigenvalue weighted by atomic mass is 9.82. The molecule has 0 spiro atoms. The third kappa shape index (κ3) is 6.10. The molecule has 2 heterocycles. The van der Waals surface area contributed by atoms with E-state index in [1.165, 1.54) is 6.08 Å². The smallest absolute Gasteiger partial charge is 0.410 e. The monoisotopic (exact) mass is 464 g/mol. The minimum Gasteiger partial charge on any atom is -0.445 e. The first-order valence-electron chi connectivity index (χ1n) is 11.5. The van der Waals surface area contributed by atoms with Crippen LogP contribution in [-0.2, 0) is 18.8 Å². The minimum absolute atomic E-state index is 0.0224. The van der Waals surface area contributed by atoms with Gasteiger partial charge in [-0.1, -0.05) is 39.5 Å². The van der Waals surface area contributed by atoms with E-state index >= 15 is 0 Å². The number of β-lactam (4-membered cyclic amide) rings is 1. The number of carbonyl (C=O) groups excluding carboxylic acids is 3. The Morgan fingerprint density at radius 2 is 2.00 bits per heavy atom. The van der Waals surface area contributed by atoms with Gasteiger partial charge in [0, 0.05) is 13.0 Å².